The van der Waals surface area contributed by atoms with Crippen molar-refractivity contribution in [2.75, 3.05) is 0 Å². The molecule has 6 heterocycles. The second-order valence-electron chi connectivity index (χ2n) is 21.4. The van der Waals surface area contributed by atoms with Gasteiger partial charge in [0, 0.05) is 69.5 Å². The molecule has 0 radical (unpaired) electrons. The standard InChI is InChI=1S/4C12H13N.2C11H12N2.CH4/c1-9(2)10-5-3-7-12-11(10)6-4-8-13-12;1-9(2)11-4-3-10-5-6-13-8-12(10)7-11;1-9(2)10-5-6-12-11(8-10)4-3-7-13-12;1-9(2)11-5-3-4-10-6-7-13-8-12(10)11;1-8(2)10-4-3-9-5-6-12-13-11(9)7-10;1-8(2)10-5-3-4-9-6-7-12-13-11(9)10;/h4*3-9H,1-2H3;2*3-8H,1-2H3;1H4. The zero-order chi connectivity index (χ0) is 55.6. The number of rotatable bonds is 6. The Bertz CT molecular complexity index is 3380. The summed E-state index contributed by atoms with van der Waals surface area (Å²) in [7, 11) is 0. The first-order valence-corrected chi connectivity index (χ1v) is 27.4. The van der Waals surface area contributed by atoms with Gasteiger partial charge in [0.2, 0.25) is 0 Å². The SMILES string of the molecule is C.CC(C)c1ccc2ccncc2c1.CC(C)c1ccc2ccnnc2c1.CC(C)c1ccc2ncccc2c1.CC(C)c1cccc2ccncc12.CC(C)c1cccc2ccnnc12.CC(C)c1cccc2ncccc12. The van der Waals surface area contributed by atoms with Crippen LogP contribution < -0.4 is 0 Å². The second kappa shape index (κ2) is 29.4. The summed E-state index contributed by atoms with van der Waals surface area (Å²) < 4.78 is 0. The molecule has 0 saturated carbocycles. The van der Waals surface area contributed by atoms with Crippen molar-refractivity contribution in [2.24, 2.45) is 0 Å². The fourth-order valence-corrected chi connectivity index (χ4v) is 9.04. The Balaban J connectivity index is 0.000000153. The van der Waals surface area contributed by atoms with Crippen LogP contribution >= 0.6 is 0 Å². The van der Waals surface area contributed by atoms with Gasteiger partial charge in [-0.3, -0.25) is 19.9 Å². The summed E-state index contributed by atoms with van der Waals surface area (Å²) in [5.41, 5.74) is 12.3. The van der Waals surface area contributed by atoms with Gasteiger partial charge in [0.25, 0.3) is 0 Å². The topological polar surface area (TPSA) is 103 Å². The summed E-state index contributed by atoms with van der Waals surface area (Å²) in [5.74, 6) is 3.35. The molecule has 8 nitrogen and oxygen atoms in total. The van der Waals surface area contributed by atoms with E-state index in [0.29, 0.717) is 35.5 Å². The molecule has 0 fully saturated rings. The minimum absolute atomic E-state index is 0. The highest BCUT2D eigenvalue weighted by atomic mass is 15.1. The molecule has 0 aliphatic carbocycles. The van der Waals surface area contributed by atoms with Crippen molar-refractivity contribution >= 4 is 65.2 Å². The molecule has 8 heteroatoms. The lowest BCUT2D eigenvalue weighted by molar-refractivity contribution is 0.867. The predicted molar refractivity (Wildman–Crippen MR) is 337 cm³/mol. The van der Waals surface area contributed by atoms with E-state index in [1.807, 2.05) is 67.5 Å². The molecule has 0 aliphatic heterocycles. The van der Waals surface area contributed by atoms with E-state index in [0.717, 1.165) is 27.5 Å². The molecular formula is C71H80N8. The third-order valence-corrected chi connectivity index (χ3v) is 13.7. The quantitative estimate of drug-likeness (QED) is 0.162. The first-order chi connectivity index (χ1) is 37.7. The van der Waals surface area contributed by atoms with E-state index in [2.05, 4.69) is 251 Å². The maximum absolute atomic E-state index is 4.32. The van der Waals surface area contributed by atoms with Gasteiger partial charge in [-0.2, -0.15) is 20.4 Å². The molecule has 0 atom stereocenters. The summed E-state index contributed by atoms with van der Waals surface area (Å²) in [6.07, 6.45) is 14.7. The molecule has 0 N–H and O–H groups in total. The smallest absolute Gasteiger partial charge is 0.0964 e. The molecule has 404 valence electrons. The number of hydrogen-bond acceptors (Lipinski definition) is 8. The van der Waals surface area contributed by atoms with Crippen molar-refractivity contribution in [3.63, 3.8) is 0 Å². The number of pyridine rings is 4. The fourth-order valence-electron chi connectivity index (χ4n) is 9.04. The molecule has 6 aromatic heterocycles. The van der Waals surface area contributed by atoms with Crippen LogP contribution in [-0.2, 0) is 0 Å². The Morgan fingerprint density at radius 1 is 0.291 bits per heavy atom. The summed E-state index contributed by atoms with van der Waals surface area (Å²) >= 11 is 0. The predicted octanol–water partition coefficient (Wildman–Crippen LogP) is 19.6. The molecule has 0 spiro atoms. The largest absolute Gasteiger partial charge is 0.264 e. The van der Waals surface area contributed by atoms with Crippen molar-refractivity contribution in [3.8, 4) is 0 Å². The van der Waals surface area contributed by atoms with Crippen LogP contribution in [0.1, 0.15) is 159 Å². The van der Waals surface area contributed by atoms with E-state index in [1.54, 1.807) is 12.4 Å². The van der Waals surface area contributed by atoms with Gasteiger partial charge >= 0.3 is 0 Å². The number of hydrogen-bond donors (Lipinski definition) is 0. The van der Waals surface area contributed by atoms with Crippen LogP contribution in [0.5, 0.6) is 0 Å². The van der Waals surface area contributed by atoms with Gasteiger partial charge in [-0.05, 0) is 146 Å². The van der Waals surface area contributed by atoms with Gasteiger partial charge in [-0.15, -0.1) is 0 Å². The lowest BCUT2D eigenvalue weighted by Crippen LogP contribution is -1.92. The van der Waals surface area contributed by atoms with Gasteiger partial charge in [-0.25, -0.2) is 0 Å². The molecule has 6 aromatic carbocycles. The Hall–Kier alpha value is -8.36. The van der Waals surface area contributed by atoms with Crippen LogP contribution in [0.15, 0.2) is 207 Å². The molecule has 0 saturated heterocycles. The van der Waals surface area contributed by atoms with Gasteiger partial charge < -0.3 is 0 Å². The van der Waals surface area contributed by atoms with E-state index < -0.39 is 0 Å². The first kappa shape index (κ1) is 59.9. The summed E-state index contributed by atoms with van der Waals surface area (Å²) in [5, 5.41) is 25.9. The first-order valence-electron chi connectivity index (χ1n) is 27.4. The highest BCUT2D eigenvalue weighted by Gasteiger charge is 2.08. The summed E-state index contributed by atoms with van der Waals surface area (Å²) in [4.78, 5) is 16.9. The van der Waals surface area contributed by atoms with E-state index in [1.165, 1.54) is 71.1 Å². The average Bonchev–Trinajstić information content (AvgIpc) is 3.47. The molecular weight excluding hydrogens is 965 g/mol. The lowest BCUT2D eigenvalue weighted by Gasteiger charge is -2.08. The summed E-state index contributed by atoms with van der Waals surface area (Å²) in [6, 6.07) is 54.6. The zero-order valence-electron chi connectivity index (χ0n) is 47.7. The van der Waals surface area contributed by atoms with Crippen LogP contribution in [0.4, 0.5) is 0 Å². The minimum Gasteiger partial charge on any atom is -0.264 e. The van der Waals surface area contributed by atoms with E-state index in [4.69, 9.17) is 0 Å². The highest BCUT2D eigenvalue weighted by molar-refractivity contribution is 5.86. The molecule has 0 unspecified atom stereocenters. The number of benzene rings is 6. The molecule has 79 heavy (non-hydrogen) atoms. The third-order valence-electron chi connectivity index (χ3n) is 13.7. The number of nitrogens with zero attached hydrogens (tertiary/aromatic N) is 8. The number of aromatic nitrogens is 8. The zero-order valence-corrected chi connectivity index (χ0v) is 47.7. The minimum atomic E-state index is 0. The Morgan fingerprint density at radius 3 is 1.46 bits per heavy atom. The summed E-state index contributed by atoms with van der Waals surface area (Å²) in [6.45, 7) is 26.4. The number of fused-ring (bicyclic) bond motifs is 6. The van der Waals surface area contributed by atoms with Crippen LogP contribution in [0.3, 0.4) is 0 Å². The average molecular weight is 1050 g/mol. The highest BCUT2D eigenvalue weighted by Crippen LogP contribution is 2.27. The van der Waals surface area contributed by atoms with Crippen molar-refractivity contribution < 1.29 is 0 Å². The maximum atomic E-state index is 4.32. The Labute approximate surface area is 469 Å². The van der Waals surface area contributed by atoms with Crippen LogP contribution in [0.2, 0.25) is 0 Å². The normalized spacial score (nSPS) is 10.9. The lowest BCUT2D eigenvalue weighted by atomic mass is 9.98. The maximum Gasteiger partial charge on any atom is 0.0964 e. The third kappa shape index (κ3) is 16.6. The van der Waals surface area contributed by atoms with Crippen LogP contribution in [0.25, 0.3) is 65.2 Å². The Morgan fingerprint density at radius 2 is 0.785 bits per heavy atom. The molecule has 12 aromatic rings. The second-order valence-corrected chi connectivity index (χ2v) is 21.4. The van der Waals surface area contributed by atoms with Crippen molar-refractivity contribution in [3.05, 3.63) is 241 Å². The molecule has 0 bridgehead atoms. The van der Waals surface area contributed by atoms with Crippen molar-refractivity contribution in [1.29, 1.82) is 0 Å². The van der Waals surface area contributed by atoms with Crippen LogP contribution in [0, 0.1) is 0 Å². The Kier molecular flexibility index (Phi) is 22.3. The van der Waals surface area contributed by atoms with Gasteiger partial charge in [0.15, 0.2) is 0 Å². The van der Waals surface area contributed by atoms with E-state index in [-0.39, 0.29) is 7.43 Å². The van der Waals surface area contributed by atoms with Gasteiger partial charge in [0.05, 0.1) is 34.5 Å². The van der Waals surface area contributed by atoms with Gasteiger partial charge in [-0.1, -0.05) is 182 Å². The molecule has 12 rings (SSSR count). The van der Waals surface area contributed by atoms with E-state index in [9.17, 15) is 0 Å². The monoisotopic (exact) mass is 1040 g/mol. The van der Waals surface area contributed by atoms with Crippen molar-refractivity contribution in [2.45, 2.75) is 126 Å². The van der Waals surface area contributed by atoms with E-state index >= 15 is 0 Å². The van der Waals surface area contributed by atoms with Gasteiger partial charge in [0.1, 0.15) is 0 Å². The fraction of sp³-hybridized carbons (Fsp3) is 0.268. The molecule has 0 amide bonds. The van der Waals surface area contributed by atoms with Crippen LogP contribution in [-0.4, -0.2) is 40.3 Å². The van der Waals surface area contributed by atoms with Crippen molar-refractivity contribution in [1.82, 2.24) is 40.3 Å². The molecule has 0 aliphatic rings.